The molecule has 28 heavy (non-hydrogen) atoms. The highest BCUT2D eigenvalue weighted by molar-refractivity contribution is 6.13. The van der Waals surface area contributed by atoms with Crippen LogP contribution in [0.15, 0.2) is 72.6 Å². The van der Waals surface area contributed by atoms with Crippen LogP contribution >= 0.6 is 0 Å². The molecule has 3 amide bonds. The molecule has 140 valence electrons. The van der Waals surface area contributed by atoms with Gasteiger partial charge in [-0.1, -0.05) is 30.3 Å². The number of benzene rings is 2. The predicted molar refractivity (Wildman–Crippen MR) is 104 cm³/mol. The molecule has 0 aliphatic carbocycles. The summed E-state index contributed by atoms with van der Waals surface area (Å²) in [6.07, 6.45) is 3.52. The Hall–Kier alpha value is -3.67. The molecule has 0 spiro atoms. The van der Waals surface area contributed by atoms with Crippen LogP contribution in [0.25, 0.3) is 11.8 Å². The van der Waals surface area contributed by atoms with Gasteiger partial charge in [-0.2, -0.15) is 0 Å². The molecule has 1 aliphatic heterocycles. The molecular weight excluding hydrogens is 357 g/mol. The fourth-order valence-electron chi connectivity index (χ4n) is 3.18. The number of amides is 3. The molecule has 6 heteroatoms. The van der Waals surface area contributed by atoms with Gasteiger partial charge in [-0.15, -0.1) is 0 Å². The Morgan fingerprint density at radius 1 is 1.04 bits per heavy atom. The first-order chi connectivity index (χ1) is 13.5. The number of urea groups is 1. The second-order valence-corrected chi connectivity index (χ2v) is 6.61. The van der Waals surface area contributed by atoms with Crippen molar-refractivity contribution < 1.29 is 14.0 Å². The van der Waals surface area contributed by atoms with Gasteiger partial charge in [-0.3, -0.25) is 9.69 Å². The number of halogens is 1. The van der Waals surface area contributed by atoms with Gasteiger partial charge in [-0.05, 0) is 48.9 Å². The Balaban J connectivity index is 1.62. The van der Waals surface area contributed by atoms with Crippen molar-refractivity contribution in [1.29, 1.82) is 0 Å². The first kappa shape index (κ1) is 17.7. The van der Waals surface area contributed by atoms with Crippen molar-refractivity contribution in [2.75, 3.05) is 0 Å². The summed E-state index contributed by atoms with van der Waals surface area (Å²) in [5.41, 5.74) is 3.27. The number of nitrogens with zero attached hydrogens (tertiary/aromatic N) is 2. The normalized spacial score (nSPS) is 15.4. The lowest BCUT2D eigenvalue weighted by atomic mass is 10.2. The Kier molecular flexibility index (Phi) is 4.53. The van der Waals surface area contributed by atoms with Crippen LogP contribution in [0.4, 0.5) is 9.18 Å². The minimum absolute atomic E-state index is 0.117. The summed E-state index contributed by atoms with van der Waals surface area (Å²) in [7, 11) is 0. The highest BCUT2D eigenvalue weighted by Gasteiger charge is 2.34. The number of nitrogens with one attached hydrogen (secondary N) is 1. The third-order valence-electron chi connectivity index (χ3n) is 4.60. The maximum Gasteiger partial charge on any atom is 0.329 e. The third kappa shape index (κ3) is 3.32. The van der Waals surface area contributed by atoms with E-state index in [-0.39, 0.29) is 17.8 Å². The van der Waals surface area contributed by atoms with Crippen LogP contribution < -0.4 is 5.32 Å². The molecule has 4 rings (SSSR count). The number of aryl methyl sites for hydroxylation is 1. The number of aromatic nitrogens is 1. The molecule has 3 aromatic rings. The van der Waals surface area contributed by atoms with E-state index in [9.17, 15) is 14.0 Å². The molecule has 1 aromatic heterocycles. The second-order valence-electron chi connectivity index (χ2n) is 6.61. The van der Waals surface area contributed by atoms with E-state index in [1.165, 1.54) is 6.07 Å². The lowest BCUT2D eigenvalue weighted by molar-refractivity contribution is -0.123. The lowest BCUT2D eigenvalue weighted by Gasteiger charge is -2.12. The van der Waals surface area contributed by atoms with Crippen molar-refractivity contribution in [3.8, 4) is 5.69 Å². The molecule has 5 nitrogen and oxygen atoms in total. The van der Waals surface area contributed by atoms with Crippen LogP contribution in [0.2, 0.25) is 0 Å². The summed E-state index contributed by atoms with van der Waals surface area (Å²) in [6.45, 7) is 1.89. The zero-order valence-electron chi connectivity index (χ0n) is 15.2. The topological polar surface area (TPSA) is 54.3 Å². The highest BCUT2D eigenvalue weighted by Crippen LogP contribution is 2.20. The Morgan fingerprint density at radius 2 is 1.86 bits per heavy atom. The molecular formula is C22H18FN3O2. The van der Waals surface area contributed by atoms with E-state index in [0.29, 0.717) is 0 Å². The van der Waals surface area contributed by atoms with Gasteiger partial charge in [0.25, 0.3) is 5.91 Å². The lowest BCUT2D eigenvalue weighted by Crippen LogP contribution is -2.30. The molecule has 0 saturated carbocycles. The number of imide groups is 1. The van der Waals surface area contributed by atoms with E-state index in [0.717, 1.165) is 21.8 Å². The fourth-order valence-corrected chi connectivity index (χ4v) is 3.18. The smallest absolute Gasteiger partial charge is 0.317 e. The van der Waals surface area contributed by atoms with Gasteiger partial charge in [-0.25, -0.2) is 9.18 Å². The number of hydrogen-bond acceptors (Lipinski definition) is 2. The summed E-state index contributed by atoms with van der Waals surface area (Å²) >= 11 is 0. The van der Waals surface area contributed by atoms with Crippen molar-refractivity contribution in [2.24, 2.45) is 0 Å². The van der Waals surface area contributed by atoms with E-state index in [1.54, 1.807) is 24.3 Å². The molecule has 1 N–H and O–H groups in total. The van der Waals surface area contributed by atoms with Crippen molar-refractivity contribution in [3.05, 3.63) is 95.2 Å². The predicted octanol–water partition coefficient (Wildman–Crippen LogP) is 4.02. The third-order valence-corrected chi connectivity index (χ3v) is 4.60. The summed E-state index contributed by atoms with van der Waals surface area (Å²) in [5, 5.41) is 2.58. The highest BCUT2D eigenvalue weighted by atomic mass is 19.1. The molecule has 0 bridgehead atoms. The standard InChI is InChI=1S/C22H18FN3O2/c1-15-6-4-8-17(12-15)25-11-5-9-18(25)13-20-21(27)26(22(28)24-20)14-16-7-2-3-10-19(16)23/h2-13H,14H2,1H3,(H,24,28)/b20-13-. The maximum absolute atomic E-state index is 13.9. The first-order valence-electron chi connectivity index (χ1n) is 8.85. The molecule has 0 radical (unpaired) electrons. The minimum atomic E-state index is -0.562. The molecule has 0 unspecified atom stereocenters. The average Bonchev–Trinajstić information content (AvgIpc) is 3.24. The summed E-state index contributed by atoms with van der Waals surface area (Å²) < 4.78 is 15.8. The van der Waals surface area contributed by atoms with Crippen LogP contribution in [0, 0.1) is 12.7 Å². The summed E-state index contributed by atoms with van der Waals surface area (Å²) in [5.74, 6) is -0.931. The summed E-state index contributed by atoms with van der Waals surface area (Å²) in [4.78, 5) is 26.0. The monoisotopic (exact) mass is 375 g/mol. The zero-order valence-corrected chi connectivity index (χ0v) is 15.2. The molecule has 1 aliphatic rings. The number of carbonyl (C=O) groups excluding carboxylic acids is 2. The second kappa shape index (κ2) is 7.15. The van der Waals surface area contributed by atoms with Crippen molar-refractivity contribution in [3.63, 3.8) is 0 Å². The van der Waals surface area contributed by atoms with Crippen LogP contribution in [-0.2, 0) is 11.3 Å². The maximum atomic E-state index is 13.9. The van der Waals surface area contributed by atoms with Gasteiger partial charge in [0, 0.05) is 23.1 Å². The van der Waals surface area contributed by atoms with Gasteiger partial charge in [0.15, 0.2) is 0 Å². The number of rotatable bonds is 4. The van der Waals surface area contributed by atoms with E-state index in [2.05, 4.69) is 5.32 Å². The Bertz CT molecular complexity index is 1100. The van der Waals surface area contributed by atoms with Crippen LogP contribution in [0.1, 0.15) is 16.8 Å². The minimum Gasteiger partial charge on any atom is -0.317 e. The van der Waals surface area contributed by atoms with Gasteiger partial charge in [0.05, 0.1) is 6.54 Å². The molecule has 1 fully saturated rings. The van der Waals surface area contributed by atoms with E-state index in [4.69, 9.17) is 0 Å². The van der Waals surface area contributed by atoms with E-state index >= 15 is 0 Å². The SMILES string of the molecule is Cc1cccc(-n2cccc2/C=C2\NC(=O)N(Cc3ccccc3F)C2=O)c1. The Morgan fingerprint density at radius 3 is 2.64 bits per heavy atom. The average molecular weight is 375 g/mol. The summed E-state index contributed by atoms with van der Waals surface area (Å²) in [6, 6.07) is 17.2. The van der Waals surface area contributed by atoms with E-state index in [1.807, 2.05) is 54.1 Å². The van der Waals surface area contributed by atoms with Crippen molar-refractivity contribution >= 4 is 18.0 Å². The van der Waals surface area contributed by atoms with Gasteiger partial charge in [0.2, 0.25) is 0 Å². The Labute approximate surface area is 161 Å². The first-order valence-corrected chi connectivity index (χ1v) is 8.85. The number of carbonyl (C=O) groups is 2. The van der Waals surface area contributed by atoms with Crippen molar-refractivity contribution in [2.45, 2.75) is 13.5 Å². The zero-order chi connectivity index (χ0) is 19.7. The van der Waals surface area contributed by atoms with E-state index < -0.39 is 17.8 Å². The van der Waals surface area contributed by atoms with Gasteiger partial charge >= 0.3 is 6.03 Å². The number of hydrogen-bond donors (Lipinski definition) is 1. The molecule has 2 heterocycles. The molecule has 2 aromatic carbocycles. The molecule has 0 atom stereocenters. The van der Waals surface area contributed by atoms with Gasteiger partial charge < -0.3 is 9.88 Å². The van der Waals surface area contributed by atoms with Gasteiger partial charge in [0.1, 0.15) is 11.5 Å². The van der Waals surface area contributed by atoms with Crippen LogP contribution in [-0.4, -0.2) is 21.4 Å². The van der Waals surface area contributed by atoms with Crippen LogP contribution in [0.3, 0.4) is 0 Å². The largest absolute Gasteiger partial charge is 0.329 e. The fraction of sp³-hybridized carbons (Fsp3) is 0.0909. The molecule has 1 saturated heterocycles. The van der Waals surface area contributed by atoms with Crippen molar-refractivity contribution in [1.82, 2.24) is 14.8 Å². The van der Waals surface area contributed by atoms with Crippen LogP contribution in [0.5, 0.6) is 0 Å². The quantitative estimate of drug-likeness (QED) is 0.553.